The predicted octanol–water partition coefficient (Wildman–Crippen LogP) is 0.202. The van der Waals surface area contributed by atoms with Gasteiger partial charge >= 0.3 is 0 Å². The minimum atomic E-state index is 0. The van der Waals surface area contributed by atoms with Crippen LogP contribution in [0.5, 0.6) is 0 Å². The quantitative estimate of drug-likeness (QED) is 0.464. The molecule has 1 fully saturated rings. The highest BCUT2D eigenvalue weighted by Crippen LogP contribution is 2.21. The number of hydrogen-bond donors (Lipinski definition) is 0. The fourth-order valence-corrected chi connectivity index (χ4v) is 1.10. The molecule has 3 heteroatoms. The van der Waals surface area contributed by atoms with E-state index in [2.05, 4.69) is 13.2 Å². The molecule has 0 heterocycles. The van der Waals surface area contributed by atoms with Crippen LogP contribution in [0.15, 0.2) is 24.3 Å². The number of ketones is 1. The van der Waals surface area contributed by atoms with E-state index in [0.29, 0.717) is 12.8 Å². The summed E-state index contributed by atoms with van der Waals surface area (Å²) in [6.07, 6.45) is 1.99. The van der Waals surface area contributed by atoms with Crippen molar-refractivity contribution in [1.82, 2.24) is 0 Å². The van der Waals surface area contributed by atoms with Gasteiger partial charge in [0.25, 0.3) is 0 Å². The molecule has 0 atom stereocenters. The first-order valence-corrected chi connectivity index (χ1v) is 3.03. The van der Waals surface area contributed by atoms with Gasteiger partial charge in [0.1, 0.15) is 5.78 Å². The summed E-state index contributed by atoms with van der Waals surface area (Å²) in [5.41, 5.74) is 2.02. The Labute approximate surface area is 66.0 Å². The summed E-state index contributed by atoms with van der Waals surface area (Å²) in [5, 5.41) is 0. The van der Waals surface area contributed by atoms with Gasteiger partial charge in [0.15, 0.2) is 0 Å². The van der Waals surface area contributed by atoms with Crippen LogP contribution in [-0.2, 0) is 4.79 Å². The third-order valence-electron chi connectivity index (χ3n) is 1.39. The molecule has 0 aliphatic heterocycles. The molecule has 1 aliphatic rings. The number of hydrogen-bond acceptors (Lipinski definition) is 1. The Hall–Kier alpha value is -0.930. The average molecular weight is 158 g/mol. The molecule has 11 heavy (non-hydrogen) atoms. The van der Waals surface area contributed by atoms with E-state index in [1.807, 2.05) is 0 Å². The van der Waals surface area contributed by atoms with Gasteiger partial charge < -0.3 is 11.0 Å². The summed E-state index contributed by atoms with van der Waals surface area (Å²) in [6.45, 7) is 7.47. The van der Waals surface area contributed by atoms with E-state index in [1.54, 1.807) is 0 Å². The summed E-state index contributed by atoms with van der Waals surface area (Å²) >= 11 is 0. The number of allylic oxidation sites excluding steroid dienone is 2. The molecular weight excluding hydrogens is 144 g/mol. The summed E-state index contributed by atoms with van der Waals surface area (Å²) in [5.74, 6) is 0.260. The van der Waals surface area contributed by atoms with Crippen LogP contribution in [0.1, 0.15) is 19.3 Å². The van der Waals surface area contributed by atoms with E-state index < -0.39 is 0 Å². The Balaban J connectivity index is 0. The van der Waals surface area contributed by atoms with E-state index >= 15 is 0 Å². The van der Waals surface area contributed by atoms with Crippen LogP contribution in [0.4, 0.5) is 0 Å². The summed E-state index contributed by atoms with van der Waals surface area (Å²) < 4.78 is 0. The predicted molar refractivity (Wildman–Crippen MR) is 44.4 cm³/mol. The second kappa shape index (κ2) is 4.82. The van der Waals surface area contributed by atoms with Gasteiger partial charge in [-0.3, -0.25) is 4.79 Å². The molecule has 0 aromatic heterocycles. The van der Waals surface area contributed by atoms with Crippen LogP contribution in [0.3, 0.4) is 0 Å². The monoisotopic (exact) mass is 158 g/mol. The molecule has 0 saturated heterocycles. The topological polar surface area (TPSA) is 80.1 Å². The van der Waals surface area contributed by atoms with Crippen molar-refractivity contribution in [3.05, 3.63) is 24.3 Å². The van der Waals surface area contributed by atoms with E-state index in [4.69, 9.17) is 0 Å². The Kier molecular flexibility index (Phi) is 5.57. The van der Waals surface area contributed by atoms with Gasteiger partial charge in [0.05, 0.1) is 0 Å². The normalized spacial score (nSPS) is 16.9. The summed E-state index contributed by atoms with van der Waals surface area (Å²) in [7, 11) is 0. The molecule has 0 aromatic carbocycles. The number of Topliss-reactive ketones (excluding diaryl/α,β-unsaturated/α-hetero) is 1. The average Bonchev–Trinajstić information content (AvgIpc) is 1.59. The third-order valence-corrected chi connectivity index (χ3v) is 1.39. The van der Waals surface area contributed by atoms with Crippen LogP contribution < -0.4 is 0 Å². The molecule has 0 spiro atoms. The largest absolute Gasteiger partial charge is 0.412 e. The molecule has 1 saturated carbocycles. The van der Waals surface area contributed by atoms with Crippen LogP contribution in [-0.4, -0.2) is 16.7 Å². The van der Waals surface area contributed by atoms with Crippen molar-refractivity contribution >= 4 is 5.78 Å². The smallest absolute Gasteiger partial charge is 0.140 e. The number of rotatable bonds is 0. The van der Waals surface area contributed by atoms with E-state index in [9.17, 15) is 4.79 Å². The molecule has 3 nitrogen and oxygen atoms in total. The Morgan fingerprint density at radius 1 is 0.909 bits per heavy atom. The van der Waals surface area contributed by atoms with Crippen LogP contribution in [0, 0.1) is 0 Å². The highest BCUT2D eigenvalue weighted by molar-refractivity contribution is 5.84. The SMILES string of the molecule is C=C1CC(=C)CC(=O)C1.O.O. The Morgan fingerprint density at radius 3 is 1.55 bits per heavy atom. The zero-order chi connectivity index (χ0) is 6.85. The summed E-state index contributed by atoms with van der Waals surface area (Å²) in [4.78, 5) is 10.8. The maximum absolute atomic E-state index is 10.8. The first kappa shape index (κ1) is 12.7. The fraction of sp³-hybridized carbons (Fsp3) is 0.375. The van der Waals surface area contributed by atoms with Gasteiger partial charge in [-0.2, -0.15) is 0 Å². The second-order valence-electron chi connectivity index (χ2n) is 2.57. The van der Waals surface area contributed by atoms with Crippen molar-refractivity contribution in [1.29, 1.82) is 0 Å². The molecule has 0 unspecified atom stereocenters. The van der Waals surface area contributed by atoms with Gasteiger partial charge in [-0.05, 0) is 6.42 Å². The van der Waals surface area contributed by atoms with Crippen LogP contribution >= 0.6 is 0 Å². The Bertz CT molecular complexity index is 136. The molecule has 64 valence electrons. The van der Waals surface area contributed by atoms with Gasteiger partial charge in [-0.15, -0.1) is 0 Å². The van der Waals surface area contributed by atoms with Crippen molar-refractivity contribution < 1.29 is 15.7 Å². The van der Waals surface area contributed by atoms with Crippen LogP contribution in [0.25, 0.3) is 0 Å². The van der Waals surface area contributed by atoms with Crippen molar-refractivity contribution in [3.63, 3.8) is 0 Å². The lowest BCUT2D eigenvalue weighted by molar-refractivity contribution is -0.118. The van der Waals surface area contributed by atoms with Crippen LogP contribution in [0.2, 0.25) is 0 Å². The maximum Gasteiger partial charge on any atom is 0.140 e. The maximum atomic E-state index is 10.8. The molecule has 0 aromatic rings. The van der Waals surface area contributed by atoms with E-state index in [0.717, 1.165) is 17.6 Å². The van der Waals surface area contributed by atoms with Gasteiger partial charge in [-0.1, -0.05) is 24.3 Å². The highest BCUT2D eigenvalue weighted by Gasteiger charge is 2.13. The van der Waals surface area contributed by atoms with Crippen molar-refractivity contribution in [3.8, 4) is 0 Å². The molecule has 0 amide bonds. The second-order valence-corrected chi connectivity index (χ2v) is 2.57. The number of carbonyl (C=O) groups is 1. The lowest BCUT2D eigenvalue weighted by Crippen LogP contribution is -2.07. The first-order chi connectivity index (χ1) is 4.18. The van der Waals surface area contributed by atoms with E-state index in [-0.39, 0.29) is 16.7 Å². The third kappa shape index (κ3) is 3.70. The molecule has 1 rings (SSSR count). The zero-order valence-corrected chi connectivity index (χ0v) is 6.44. The van der Waals surface area contributed by atoms with Gasteiger partial charge in [0, 0.05) is 12.8 Å². The minimum Gasteiger partial charge on any atom is -0.412 e. The zero-order valence-electron chi connectivity index (χ0n) is 6.44. The van der Waals surface area contributed by atoms with E-state index in [1.165, 1.54) is 0 Å². The number of carbonyl (C=O) groups excluding carboxylic acids is 1. The van der Waals surface area contributed by atoms with Gasteiger partial charge in [0.2, 0.25) is 0 Å². The molecular formula is C8H14O3. The first-order valence-electron chi connectivity index (χ1n) is 3.03. The molecule has 1 aliphatic carbocycles. The molecule has 0 bridgehead atoms. The molecule has 0 radical (unpaired) electrons. The minimum absolute atomic E-state index is 0. The summed E-state index contributed by atoms with van der Waals surface area (Å²) in [6, 6.07) is 0. The fourth-order valence-electron chi connectivity index (χ4n) is 1.10. The van der Waals surface area contributed by atoms with Crippen molar-refractivity contribution in [2.45, 2.75) is 19.3 Å². The lowest BCUT2D eigenvalue weighted by atomic mass is 9.92. The molecule has 4 N–H and O–H groups in total. The standard InChI is InChI=1S/C8H10O.2H2O/c1-6-3-7(2)5-8(9)4-6;;/h1-5H2;2*1H2. The Morgan fingerprint density at radius 2 is 1.27 bits per heavy atom. The van der Waals surface area contributed by atoms with Crippen molar-refractivity contribution in [2.75, 3.05) is 0 Å². The van der Waals surface area contributed by atoms with Crippen molar-refractivity contribution in [2.24, 2.45) is 0 Å². The van der Waals surface area contributed by atoms with Gasteiger partial charge in [-0.25, -0.2) is 0 Å². The lowest BCUT2D eigenvalue weighted by Gasteiger charge is -2.13. The highest BCUT2D eigenvalue weighted by atomic mass is 16.1.